The highest BCUT2D eigenvalue weighted by molar-refractivity contribution is 5.99. The lowest BCUT2D eigenvalue weighted by molar-refractivity contribution is -0.158. The number of carbonyl (C=O) groups is 2. The first-order valence-electron chi connectivity index (χ1n) is 7.32. The molecular formula is C15H28N2O3. The Morgan fingerprint density at radius 2 is 1.90 bits per heavy atom. The number of nitrogens with one attached hydrogen (secondary N) is 1. The van der Waals surface area contributed by atoms with Crippen LogP contribution in [-0.2, 0) is 14.3 Å². The quantitative estimate of drug-likeness (QED) is 0.780. The van der Waals surface area contributed by atoms with Crippen LogP contribution in [-0.4, -0.2) is 48.1 Å². The normalized spacial score (nSPS) is 22.9. The lowest BCUT2D eigenvalue weighted by Crippen LogP contribution is -2.70. The molecule has 20 heavy (non-hydrogen) atoms. The van der Waals surface area contributed by atoms with Crippen LogP contribution >= 0.6 is 0 Å². The van der Waals surface area contributed by atoms with Gasteiger partial charge in [0.05, 0.1) is 0 Å². The van der Waals surface area contributed by atoms with E-state index in [0.717, 1.165) is 6.42 Å². The summed E-state index contributed by atoms with van der Waals surface area (Å²) in [4.78, 5) is 26.6. The van der Waals surface area contributed by atoms with Crippen molar-refractivity contribution in [1.82, 2.24) is 10.2 Å². The zero-order valence-electron chi connectivity index (χ0n) is 13.6. The highest BCUT2D eigenvalue weighted by atomic mass is 16.5. The van der Waals surface area contributed by atoms with Crippen LogP contribution in [0.25, 0.3) is 0 Å². The van der Waals surface area contributed by atoms with E-state index in [0.29, 0.717) is 19.8 Å². The van der Waals surface area contributed by atoms with Crippen molar-refractivity contribution >= 4 is 11.8 Å². The Bertz CT molecular complexity index is 372. The molecule has 0 bridgehead atoms. The van der Waals surface area contributed by atoms with Gasteiger partial charge in [-0.15, -0.1) is 0 Å². The van der Waals surface area contributed by atoms with Gasteiger partial charge in [-0.05, 0) is 32.6 Å². The fraction of sp³-hybridized carbons (Fsp3) is 0.867. The molecule has 5 nitrogen and oxygen atoms in total. The van der Waals surface area contributed by atoms with Gasteiger partial charge in [0.25, 0.3) is 0 Å². The number of rotatable bonds is 5. The highest BCUT2D eigenvalue weighted by Crippen LogP contribution is 2.29. The largest absolute Gasteiger partial charge is 0.382 e. The molecule has 1 aliphatic heterocycles. The number of hydrogen-bond donors (Lipinski definition) is 1. The number of carbonyl (C=O) groups excluding carboxylic acids is 2. The first-order chi connectivity index (χ1) is 9.12. The molecule has 1 aliphatic rings. The van der Waals surface area contributed by atoms with Crippen molar-refractivity contribution in [3.05, 3.63) is 0 Å². The fourth-order valence-electron chi connectivity index (χ4n) is 2.37. The molecule has 116 valence electrons. The summed E-state index contributed by atoms with van der Waals surface area (Å²) in [6.07, 6.45) is 0.743. The summed E-state index contributed by atoms with van der Waals surface area (Å²) in [5.41, 5.74) is -1.09. The van der Waals surface area contributed by atoms with Crippen LogP contribution in [0.1, 0.15) is 48.0 Å². The molecule has 1 fully saturated rings. The summed E-state index contributed by atoms with van der Waals surface area (Å²) in [7, 11) is 0. The van der Waals surface area contributed by atoms with Crippen LogP contribution in [0.4, 0.5) is 0 Å². The minimum Gasteiger partial charge on any atom is -0.382 e. The van der Waals surface area contributed by atoms with Crippen molar-refractivity contribution in [2.45, 2.75) is 59.5 Å². The van der Waals surface area contributed by atoms with Crippen molar-refractivity contribution in [3.63, 3.8) is 0 Å². The maximum Gasteiger partial charge on any atom is 0.246 e. The van der Waals surface area contributed by atoms with Crippen LogP contribution in [0.5, 0.6) is 0 Å². The molecule has 1 rings (SSSR count). The average Bonchev–Trinajstić information content (AvgIpc) is 2.31. The number of piperazine rings is 1. The molecule has 5 heteroatoms. The number of nitrogens with zero attached hydrogens (tertiary/aromatic N) is 1. The second kappa shape index (κ2) is 6.12. The third-order valence-corrected chi connectivity index (χ3v) is 3.76. The number of ether oxygens (including phenoxy) is 1. The molecule has 1 unspecified atom stereocenters. The highest BCUT2D eigenvalue weighted by Gasteiger charge is 2.49. The summed E-state index contributed by atoms with van der Waals surface area (Å²) in [6, 6.07) is -0.463. The van der Waals surface area contributed by atoms with Crippen molar-refractivity contribution in [2.24, 2.45) is 5.41 Å². The lowest BCUT2D eigenvalue weighted by atomic mass is 9.82. The van der Waals surface area contributed by atoms with Crippen molar-refractivity contribution in [1.29, 1.82) is 0 Å². The maximum atomic E-state index is 12.7. The minimum atomic E-state index is -0.801. The zero-order chi connectivity index (χ0) is 15.6. The fourth-order valence-corrected chi connectivity index (χ4v) is 2.37. The van der Waals surface area contributed by atoms with Gasteiger partial charge >= 0.3 is 0 Å². The van der Waals surface area contributed by atoms with E-state index in [9.17, 15) is 9.59 Å². The van der Waals surface area contributed by atoms with E-state index in [1.807, 2.05) is 27.7 Å². The summed E-state index contributed by atoms with van der Waals surface area (Å²) < 4.78 is 5.31. The van der Waals surface area contributed by atoms with Gasteiger partial charge in [0, 0.05) is 19.8 Å². The predicted octanol–water partition coefficient (Wildman–Crippen LogP) is 1.56. The average molecular weight is 284 g/mol. The first kappa shape index (κ1) is 17.0. The second-order valence-electron chi connectivity index (χ2n) is 6.87. The molecule has 0 spiro atoms. The van der Waals surface area contributed by atoms with Crippen LogP contribution in [0.3, 0.4) is 0 Å². The Kier molecular flexibility index (Phi) is 5.19. The second-order valence-corrected chi connectivity index (χ2v) is 6.87. The Balaban J connectivity index is 2.85. The number of amides is 2. The molecule has 0 radical (unpaired) electrons. The van der Waals surface area contributed by atoms with E-state index in [1.165, 1.54) is 0 Å². The van der Waals surface area contributed by atoms with Gasteiger partial charge in [-0.25, -0.2) is 0 Å². The lowest BCUT2D eigenvalue weighted by Gasteiger charge is -2.47. The van der Waals surface area contributed by atoms with Gasteiger partial charge in [-0.1, -0.05) is 20.8 Å². The molecule has 0 aliphatic carbocycles. The van der Waals surface area contributed by atoms with Gasteiger partial charge < -0.3 is 15.0 Å². The maximum absolute atomic E-state index is 12.7. The molecule has 2 amide bonds. The van der Waals surface area contributed by atoms with Crippen LogP contribution in [0.15, 0.2) is 0 Å². The van der Waals surface area contributed by atoms with Crippen LogP contribution in [0.2, 0.25) is 0 Å². The first-order valence-corrected chi connectivity index (χ1v) is 7.32. The van der Waals surface area contributed by atoms with E-state index in [1.54, 1.807) is 18.7 Å². The zero-order valence-corrected chi connectivity index (χ0v) is 13.6. The van der Waals surface area contributed by atoms with Crippen molar-refractivity contribution < 1.29 is 14.3 Å². The van der Waals surface area contributed by atoms with E-state index in [4.69, 9.17) is 4.74 Å². The summed E-state index contributed by atoms with van der Waals surface area (Å²) in [5, 5.41) is 2.87. The SMILES string of the molecule is CCOCCCN1C(=O)C(C(C)(C)C)NC(=O)C1(C)C. The van der Waals surface area contributed by atoms with E-state index in [-0.39, 0.29) is 17.2 Å². The van der Waals surface area contributed by atoms with Gasteiger partial charge in [0.2, 0.25) is 11.8 Å². The Morgan fingerprint density at radius 1 is 1.30 bits per heavy atom. The predicted molar refractivity (Wildman–Crippen MR) is 78.3 cm³/mol. The molecule has 0 aromatic carbocycles. The van der Waals surface area contributed by atoms with Gasteiger partial charge in [0.15, 0.2) is 0 Å². The van der Waals surface area contributed by atoms with Crippen LogP contribution in [0, 0.1) is 5.41 Å². The van der Waals surface area contributed by atoms with E-state index >= 15 is 0 Å². The molecule has 1 heterocycles. The third kappa shape index (κ3) is 3.51. The van der Waals surface area contributed by atoms with E-state index < -0.39 is 11.6 Å². The molecule has 0 aromatic rings. The van der Waals surface area contributed by atoms with Crippen molar-refractivity contribution in [2.75, 3.05) is 19.8 Å². The Morgan fingerprint density at radius 3 is 2.40 bits per heavy atom. The monoisotopic (exact) mass is 284 g/mol. The van der Waals surface area contributed by atoms with Gasteiger partial charge in [0.1, 0.15) is 11.6 Å². The Hall–Kier alpha value is -1.10. The third-order valence-electron chi connectivity index (χ3n) is 3.76. The van der Waals surface area contributed by atoms with Gasteiger partial charge in [-0.2, -0.15) is 0 Å². The number of hydrogen-bond acceptors (Lipinski definition) is 3. The molecule has 1 saturated heterocycles. The molecule has 0 aromatic heterocycles. The summed E-state index contributed by atoms with van der Waals surface area (Å²) in [6.45, 7) is 13.2. The van der Waals surface area contributed by atoms with Gasteiger partial charge in [-0.3, -0.25) is 9.59 Å². The standard InChI is InChI=1S/C15H28N2O3/c1-7-20-10-8-9-17-12(18)11(14(2,3)4)16-13(19)15(17,5)6/h11H,7-10H2,1-6H3,(H,16,19). The molecule has 1 atom stereocenters. The van der Waals surface area contributed by atoms with E-state index in [2.05, 4.69) is 5.32 Å². The van der Waals surface area contributed by atoms with Crippen LogP contribution < -0.4 is 5.32 Å². The molecule has 0 saturated carbocycles. The van der Waals surface area contributed by atoms with Crippen molar-refractivity contribution in [3.8, 4) is 0 Å². The molecule has 1 N–H and O–H groups in total. The molecular weight excluding hydrogens is 256 g/mol. The minimum absolute atomic E-state index is 0.00130. The topological polar surface area (TPSA) is 58.6 Å². The summed E-state index contributed by atoms with van der Waals surface area (Å²) >= 11 is 0. The summed E-state index contributed by atoms with van der Waals surface area (Å²) in [5.74, 6) is -0.0907. The Labute approximate surface area is 122 Å². The smallest absolute Gasteiger partial charge is 0.246 e.